The van der Waals surface area contributed by atoms with E-state index < -0.39 is 0 Å². The molecule has 1 aromatic rings. The van der Waals surface area contributed by atoms with Crippen molar-refractivity contribution in [3.8, 4) is 0 Å². The summed E-state index contributed by atoms with van der Waals surface area (Å²) >= 11 is 0. The zero-order valence-electron chi connectivity index (χ0n) is 11.9. The van der Waals surface area contributed by atoms with E-state index in [4.69, 9.17) is 5.73 Å². The van der Waals surface area contributed by atoms with Crippen LogP contribution < -0.4 is 16.2 Å². The van der Waals surface area contributed by atoms with Gasteiger partial charge in [-0.2, -0.15) is 0 Å². The molecule has 1 aromatic heterocycles. The minimum absolute atomic E-state index is 0.0155. The summed E-state index contributed by atoms with van der Waals surface area (Å²) in [6.07, 6.45) is 7.65. The second kappa shape index (κ2) is 6.19. The second-order valence-electron chi connectivity index (χ2n) is 5.20. The Labute approximate surface area is 114 Å². The molecular weight excluding hydrogens is 240 g/mol. The molecule has 5 heteroatoms. The molecule has 0 aliphatic heterocycles. The van der Waals surface area contributed by atoms with Crippen molar-refractivity contribution >= 4 is 5.82 Å². The molecule has 0 unspecified atom stereocenters. The molecule has 2 rings (SSSR count). The lowest BCUT2D eigenvalue weighted by atomic mass is 9.91. The Morgan fingerprint density at radius 2 is 2.05 bits per heavy atom. The van der Waals surface area contributed by atoms with E-state index in [-0.39, 0.29) is 5.56 Å². The maximum atomic E-state index is 12.3. The fourth-order valence-corrected chi connectivity index (χ4v) is 2.88. The number of hydrogen-bond donors (Lipinski definition) is 1. The molecule has 0 atom stereocenters. The van der Waals surface area contributed by atoms with Gasteiger partial charge < -0.3 is 15.2 Å². The number of hydrogen-bond acceptors (Lipinski definition) is 4. The third kappa shape index (κ3) is 2.97. The third-order valence-corrected chi connectivity index (χ3v) is 4.03. The lowest BCUT2D eigenvalue weighted by Gasteiger charge is -2.35. The Morgan fingerprint density at radius 3 is 2.63 bits per heavy atom. The van der Waals surface area contributed by atoms with Crippen LogP contribution in [0.15, 0.2) is 17.2 Å². The minimum atomic E-state index is 0.0155. The normalized spacial score (nSPS) is 23.3. The average molecular weight is 264 g/mol. The van der Waals surface area contributed by atoms with E-state index in [1.807, 2.05) is 6.92 Å². The molecule has 2 N–H and O–H groups in total. The standard InChI is InChI=1S/C14H24N4O/c1-3-17-10-9-16-13(14(17)19)18(4-2)12-7-5-11(15)6-8-12/h9-12H,3-8,15H2,1-2H3. The Morgan fingerprint density at radius 1 is 1.37 bits per heavy atom. The van der Waals surface area contributed by atoms with Crippen LogP contribution >= 0.6 is 0 Å². The van der Waals surface area contributed by atoms with E-state index in [2.05, 4.69) is 16.8 Å². The average Bonchev–Trinajstić information content (AvgIpc) is 2.43. The largest absolute Gasteiger partial charge is 0.349 e. The van der Waals surface area contributed by atoms with Crippen LogP contribution in [0.4, 0.5) is 5.82 Å². The van der Waals surface area contributed by atoms with Crippen LogP contribution in [0.25, 0.3) is 0 Å². The van der Waals surface area contributed by atoms with Crippen molar-refractivity contribution in [1.29, 1.82) is 0 Å². The van der Waals surface area contributed by atoms with Crippen LogP contribution in [0.2, 0.25) is 0 Å². The van der Waals surface area contributed by atoms with Crippen LogP contribution in [-0.4, -0.2) is 28.2 Å². The smallest absolute Gasteiger partial charge is 0.293 e. The first-order valence-electron chi connectivity index (χ1n) is 7.25. The summed E-state index contributed by atoms with van der Waals surface area (Å²) in [7, 11) is 0. The van der Waals surface area contributed by atoms with Crippen molar-refractivity contribution in [3.63, 3.8) is 0 Å². The predicted molar refractivity (Wildman–Crippen MR) is 77.4 cm³/mol. The fourth-order valence-electron chi connectivity index (χ4n) is 2.88. The first kappa shape index (κ1) is 14.1. The van der Waals surface area contributed by atoms with Gasteiger partial charge >= 0.3 is 0 Å². The zero-order chi connectivity index (χ0) is 13.8. The van der Waals surface area contributed by atoms with Gasteiger partial charge in [-0.25, -0.2) is 4.98 Å². The quantitative estimate of drug-likeness (QED) is 0.892. The Hall–Kier alpha value is -1.36. The minimum Gasteiger partial charge on any atom is -0.349 e. The lowest BCUT2D eigenvalue weighted by molar-refractivity contribution is 0.376. The van der Waals surface area contributed by atoms with Crippen molar-refractivity contribution in [1.82, 2.24) is 9.55 Å². The number of anilines is 1. The summed E-state index contributed by atoms with van der Waals surface area (Å²) in [5, 5.41) is 0. The first-order chi connectivity index (χ1) is 9.17. The highest BCUT2D eigenvalue weighted by Crippen LogP contribution is 2.24. The van der Waals surface area contributed by atoms with Gasteiger partial charge in [0.25, 0.3) is 5.56 Å². The van der Waals surface area contributed by atoms with Gasteiger partial charge in [0.15, 0.2) is 5.82 Å². The van der Waals surface area contributed by atoms with Gasteiger partial charge in [0.05, 0.1) is 0 Å². The zero-order valence-corrected chi connectivity index (χ0v) is 11.9. The van der Waals surface area contributed by atoms with Crippen molar-refractivity contribution in [3.05, 3.63) is 22.7 Å². The van der Waals surface area contributed by atoms with Crippen molar-refractivity contribution in [2.45, 2.75) is 58.2 Å². The highest BCUT2D eigenvalue weighted by Gasteiger charge is 2.25. The molecule has 0 radical (unpaired) electrons. The SMILES string of the molecule is CCN(c1nccn(CC)c1=O)C1CCC(N)CC1. The highest BCUT2D eigenvalue weighted by molar-refractivity contribution is 5.37. The molecule has 0 amide bonds. The Balaban J connectivity index is 2.24. The van der Waals surface area contributed by atoms with E-state index in [0.717, 1.165) is 32.2 Å². The monoisotopic (exact) mass is 264 g/mol. The van der Waals surface area contributed by atoms with E-state index in [1.54, 1.807) is 17.0 Å². The molecule has 1 fully saturated rings. The predicted octanol–water partition coefficient (Wildman–Crippen LogP) is 1.36. The molecule has 1 heterocycles. The van der Waals surface area contributed by atoms with E-state index in [0.29, 0.717) is 24.4 Å². The van der Waals surface area contributed by atoms with Gasteiger partial charge in [0.1, 0.15) is 0 Å². The third-order valence-electron chi connectivity index (χ3n) is 4.03. The van der Waals surface area contributed by atoms with Gasteiger partial charge in [-0.05, 0) is 39.5 Å². The number of rotatable bonds is 4. The van der Waals surface area contributed by atoms with Crippen LogP contribution in [0.1, 0.15) is 39.5 Å². The summed E-state index contributed by atoms with van der Waals surface area (Å²) in [6.45, 7) is 5.55. The molecular formula is C14H24N4O. The maximum Gasteiger partial charge on any atom is 0.293 e. The number of aryl methyl sites for hydroxylation is 1. The molecule has 106 valence electrons. The van der Waals surface area contributed by atoms with Gasteiger partial charge in [0, 0.05) is 37.6 Å². The first-order valence-corrected chi connectivity index (χ1v) is 7.25. The molecule has 0 bridgehead atoms. The summed E-state index contributed by atoms with van der Waals surface area (Å²) in [4.78, 5) is 18.8. The Kier molecular flexibility index (Phi) is 4.58. The number of nitrogens with zero attached hydrogens (tertiary/aromatic N) is 3. The Bertz CT molecular complexity index is 463. The molecule has 1 aliphatic carbocycles. The lowest BCUT2D eigenvalue weighted by Crippen LogP contribution is -2.44. The summed E-state index contributed by atoms with van der Waals surface area (Å²) < 4.78 is 1.71. The molecule has 5 nitrogen and oxygen atoms in total. The summed E-state index contributed by atoms with van der Waals surface area (Å²) in [6, 6.07) is 0.726. The van der Waals surface area contributed by atoms with E-state index in [9.17, 15) is 4.79 Å². The fraction of sp³-hybridized carbons (Fsp3) is 0.714. The van der Waals surface area contributed by atoms with Gasteiger partial charge in [-0.1, -0.05) is 0 Å². The van der Waals surface area contributed by atoms with Crippen LogP contribution in [0.3, 0.4) is 0 Å². The van der Waals surface area contributed by atoms with Gasteiger partial charge in [0.2, 0.25) is 0 Å². The number of nitrogens with two attached hydrogens (primary N) is 1. The van der Waals surface area contributed by atoms with E-state index in [1.165, 1.54) is 0 Å². The molecule has 1 saturated carbocycles. The molecule has 0 spiro atoms. The maximum absolute atomic E-state index is 12.3. The molecule has 0 saturated heterocycles. The van der Waals surface area contributed by atoms with Crippen LogP contribution in [0, 0.1) is 0 Å². The van der Waals surface area contributed by atoms with Crippen LogP contribution in [0.5, 0.6) is 0 Å². The molecule has 1 aliphatic rings. The summed E-state index contributed by atoms with van der Waals surface area (Å²) in [5.41, 5.74) is 5.97. The van der Waals surface area contributed by atoms with Crippen molar-refractivity contribution in [2.24, 2.45) is 5.73 Å². The number of aromatic nitrogens is 2. The molecule has 19 heavy (non-hydrogen) atoms. The highest BCUT2D eigenvalue weighted by atomic mass is 16.1. The van der Waals surface area contributed by atoms with Crippen molar-refractivity contribution < 1.29 is 0 Å². The van der Waals surface area contributed by atoms with E-state index >= 15 is 0 Å². The van der Waals surface area contributed by atoms with Crippen LogP contribution in [-0.2, 0) is 6.54 Å². The van der Waals surface area contributed by atoms with Crippen molar-refractivity contribution in [2.75, 3.05) is 11.4 Å². The molecule has 0 aromatic carbocycles. The van der Waals surface area contributed by atoms with Gasteiger partial charge in [-0.15, -0.1) is 0 Å². The second-order valence-corrected chi connectivity index (χ2v) is 5.20. The van der Waals surface area contributed by atoms with Gasteiger partial charge in [-0.3, -0.25) is 4.79 Å². The topological polar surface area (TPSA) is 64.2 Å². The summed E-state index contributed by atoms with van der Waals surface area (Å²) in [5.74, 6) is 0.590.